The molecule has 0 bridgehead atoms. The summed E-state index contributed by atoms with van der Waals surface area (Å²) in [5, 5.41) is 9.77. The summed E-state index contributed by atoms with van der Waals surface area (Å²) in [6.07, 6.45) is 1.51. The van der Waals surface area contributed by atoms with Crippen molar-refractivity contribution in [1.82, 2.24) is 5.43 Å². The van der Waals surface area contributed by atoms with Crippen LogP contribution in [0.15, 0.2) is 58.6 Å². The monoisotopic (exact) mass is 397 g/mol. The van der Waals surface area contributed by atoms with Crippen LogP contribution in [-0.4, -0.2) is 18.4 Å². The van der Waals surface area contributed by atoms with Crippen LogP contribution in [-0.2, 0) is 9.59 Å². The van der Waals surface area contributed by atoms with Gasteiger partial charge in [-0.1, -0.05) is 24.3 Å². The van der Waals surface area contributed by atoms with E-state index in [9.17, 15) is 9.59 Å². The summed E-state index contributed by atoms with van der Waals surface area (Å²) in [5.74, 6) is -0.372. The summed E-state index contributed by atoms with van der Waals surface area (Å²) < 4.78 is 5.87. The normalized spacial score (nSPS) is 15.2. The van der Waals surface area contributed by atoms with Gasteiger partial charge in [0, 0.05) is 0 Å². The third kappa shape index (κ3) is 3.54. The van der Waals surface area contributed by atoms with E-state index >= 15 is 0 Å². The number of halogens is 1. The maximum absolute atomic E-state index is 12.5. The van der Waals surface area contributed by atoms with Crippen LogP contribution < -0.4 is 15.2 Å². The fourth-order valence-corrected chi connectivity index (χ4v) is 2.83. The quantitative estimate of drug-likeness (QED) is 0.634. The summed E-state index contributed by atoms with van der Waals surface area (Å²) in [5.41, 5.74) is 3.84. The summed E-state index contributed by atoms with van der Waals surface area (Å²) in [6.45, 7) is -0.0635. The zero-order valence-electron chi connectivity index (χ0n) is 12.9. The SMILES string of the molecule is N#CCOc1ccc(/C=C2/C(=O)NN(c3ccccc3)C2=O)cc1Br. The van der Waals surface area contributed by atoms with Gasteiger partial charge in [0.25, 0.3) is 11.8 Å². The highest BCUT2D eigenvalue weighted by Crippen LogP contribution is 2.28. The van der Waals surface area contributed by atoms with Crippen LogP contribution in [0.1, 0.15) is 5.56 Å². The molecular formula is C18H12BrN3O3. The Hall–Kier alpha value is -3.11. The van der Waals surface area contributed by atoms with Crippen LogP contribution in [0.2, 0.25) is 0 Å². The number of nitrogens with one attached hydrogen (secondary N) is 1. The molecule has 2 aromatic carbocycles. The predicted octanol–water partition coefficient (Wildman–Crippen LogP) is 2.81. The van der Waals surface area contributed by atoms with Crippen molar-refractivity contribution in [3.63, 3.8) is 0 Å². The predicted molar refractivity (Wildman–Crippen MR) is 95.3 cm³/mol. The number of rotatable bonds is 4. The number of benzene rings is 2. The van der Waals surface area contributed by atoms with E-state index < -0.39 is 11.8 Å². The third-order valence-electron chi connectivity index (χ3n) is 3.47. The summed E-state index contributed by atoms with van der Waals surface area (Å²) in [4.78, 5) is 24.7. The average Bonchev–Trinajstić information content (AvgIpc) is 2.90. The molecule has 0 aromatic heterocycles. The fraction of sp³-hybridized carbons (Fsp3) is 0.0556. The molecule has 1 aliphatic heterocycles. The van der Waals surface area contributed by atoms with E-state index in [4.69, 9.17) is 10.00 Å². The van der Waals surface area contributed by atoms with Gasteiger partial charge in [0.15, 0.2) is 6.61 Å². The molecule has 1 saturated heterocycles. The minimum atomic E-state index is -0.463. The first kappa shape index (κ1) is 16.7. The molecule has 7 heteroatoms. The minimum Gasteiger partial charge on any atom is -0.478 e. The van der Waals surface area contributed by atoms with Crippen LogP contribution in [0.4, 0.5) is 5.69 Å². The van der Waals surface area contributed by atoms with Crippen molar-refractivity contribution in [1.29, 1.82) is 5.26 Å². The van der Waals surface area contributed by atoms with Crippen molar-refractivity contribution in [2.75, 3.05) is 11.6 Å². The van der Waals surface area contributed by atoms with E-state index in [0.717, 1.165) is 0 Å². The topological polar surface area (TPSA) is 82.4 Å². The van der Waals surface area contributed by atoms with E-state index in [0.29, 0.717) is 21.5 Å². The molecule has 1 N–H and O–H groups in total. The molecule has 1 fully saturated rings. The highest BCUT2D eigenvalue weighted by molar-refractivity contribution is 9.10. The van der Waals surface area contributed by atoms with Gasteiger partial charge in [-0.25, -0.2) is 5.01 Å². The van der Waals surface area contributed by atoms with Crippen LogP contribution in [0.5, 0.6) is 5.75 Å². The first-order chi connectivity index (χ1) is 12.1. The van der Waals surface area contributed by atoms with Gasteiger partial charge in [-0.15, -0.1) is 0 Å². The number of anilines is 1. The molecule has 1 aliphatic rings. The van der Waals surface area contributed by atoms with E-state index in [2.05, 4.69) is 21.4 Å². The second kappa shape index (κ2) is 7.20. The zero-order valence-corrected chi connectivity index (χ0v) is 14.5. The number of nitriles is 1. The Kier molecular flexibility index (Phi) is 4.82. The second-order valence-electron chi connectivity index (χ2n) is 5.11. The molecule has 0 unspecified atom stereocenters. The van der Waals surface area contributed by atoms with Crippen molar-refractivity contribution < 1.29 is 14.3 Å². The number of hydrogen-bond acceptors (Lipinski definition) is 4. The van der Waals surface area contributed by atoms with Gasteiger partial charge in [-0.2, -0.15) is 5.26 Å². The molecule has 2 amide bonds. The maximum atomic E-state index is 12.5. The molecule has 0 saturated carbocycles. The molecule has 0 spiro atoms. The van der Waals surface area contributed by atoms with Gasteiger partial charge >= 0.3 is 0 Å². The van der Waals surface area contributed by atoms with Crippen molar-refractivity contribution >= 4 is 39.5 Å². The summed E-state index contributed by atoms with van der Waals surface area (Å²) in [6, 6.07) is 15.8. The molecule has 0 atom stereocenters. The lowest BCUT2D eigenvalue weighted by Gasteiger charge is -2.13. The Labute approximate surface area is 152 Å². The maximum Gasteiger partial charge on any atom is 0.282 e. The zero-order chi connectivity index (χ0) is 17.8. The molecule has 0 radical (unpaired) electrons. The number of nitrogens with zero attached hydrogens (tertiary/aromatic N) is 2. The summed E-state index contributed by atoms with van der Waals surface area (Å²) >= 11 is 3.35. The van der Waals surface area contributed by atoms with Crippen LogP contribution in [0, 0.1) is 11.3 Å². The van der Waals surface area contributed by atoms with Crippen molar-refractivity contribution in [2.24, 2.45) is 0 Å². The molecule has 0 aliphatic carbocycles. The van der Waals surface area contributed by atoms with Gasteiger partial charge in [-0.3, -0.25) is 15.0 Å². The number of amides is 2. The Bertz CT molecular complexity index is 904. The lowest BCUT2D eigenvalue weighted by Crippen LogP contribution is -2.35. The molecule has 124 valence electrons. The smallest absolute Gasteiger partial charge is 0.282 e. The lowest BCUT2D eigenvalue weighted by atomic mass is 10.1. The van der Waals surface area contributed by atoms with E-state index in [1.807, 2.05) is 12.1 Å². The third-order valence-corrected chi connectivity index (χ3v) is 4.08. The molecule has 25 heavy (non-hydrogen) atoms. The summed E-state index contributed by atoms with van der Waals surface area (Å²) in [7, 11) is 0. The van der Waals surface area contributed by atoms with Gasteiger partial charge in [0.05, 0.1) is 10.2 Å². The number of carbonyl (C=O) groups is 2. The van der Waals surface area contributed by atoms with Gasteiger partial charge in [0.1, 0.15) is 17.4 Å². The number of hydrazine groups is 1. The first-order valence-corrected chi connectivity index (χ1v) is 8.11. The van der Waals surface area contributed by atoms with E-state index in [1.165, 1.54) is 11.1 Å². The number of ether oxygens (including phenoxy) is 1. The van der Waals surface area contributed by atoms with Gasteiger partial charge in [-0.05, 0) is 51.8 Å². The standard InChI is InChI=1S/C18H12BrN3O3/c19-15-11-12(6-7-16(15)25-9-8-20)10-14-17(23)21-22(18(14)24)13-4-2-1-3-5-13/h1-7,10-11H,9H2,(H,21,23)/b14-10-. The molecule has 2 aromatic rings. The van der Waals surface area contributed by atoms with Gasteiger partial charge in [0.2, 0.25) is 0 Å². The largest absolute Gasteiger partial charge is 0.478 e. The number of hydrogen-bond donors (Lipinski definition) is 1. The second-order valence-corrected chi connectivity index (χ2v) is 5.97. The first-order valence-electron chi connectivity index (χ1n) is 7.31. The molecular weight excluding hydrogens is 386 g/mol. The van der Waals surface area contributed by atoms with Crippen molar-refractivity contribution in [2.45, 2.75) is 0 Å². The van der Waals surface area contributed by atoms with Crippen LogP contribution in [0.25, 0.3) is 6.08 Å². The molecule has 6 nitrogen and oxygen atoms in total. The van der Waals surface area contributed by atoms with Crippen LogP contribution >= 0.6 is 15.9 Å². The number of para-hydroxylation sites is 1. The Morgan fingerprint density at radius 2 is 1.96 bits per heavy atom. The lowest BCUT2D eigenvalue weighted by molar-refractivity contribution is -0.117. The van der Waals surface area contributed by atoms with E-state index in [-0.39, 0.29) is 12.2 Å². The average molecular weight is 398 g/mol. The minimum absolute atomic E-state index is 0.0430. The highest BCUT2D eigenvalue weighted by atomic mass is 79.9. The fourth-order valence-electron chi connectivity index (χ4n) is 2.32. The van der Waals surface area contributed by atoms with Gasteiger partial charge < -0.3 is 4.74 Å². The van der Waals surface area contributed by atoms with Crippen LogP contribution in [0.3, 0.4) is 0 Å². The Balaban J connectivity index is 1.86. The Morgan fingerprint density at radius 1 is 1.20 bits per heavy atom. The Morgan fingerprint density at radius 3 is 2.64 bits per heavy atom. The van der Waals surface area contributed by atoms with Crippen molar-refractivity contribution in [3.05, 3.63) is 64.1 Å². The molecule has 1 heterocycles. The van der Waals surface area contributed by atoms with Crippen molar-refractivity contribution in [3.8, 4) is 11.8 Å². The highest BCUT2D eigenvalue weighted by Gasteiger charge is 2.34. The van der Waals surface area contributed by atoms with E-state index in [1.54, 1.807) is 42.5 Å². The number of carbonyl (C=O) groups excluding carboxylic acids is 2. The molecule has 3 rings (SSSR count).